The summed E-state index contributed by atoms with van der Waals surface area (Å²) < 4.78 is 6.47. The average molecular weight is 703 g/mol. The highest BCUT2D eigenvalue weighted by molar-refractivity contribution is 6.13. The van der Waals surface area contributed by atoms with E-state index < -0.39 is 0 Å². The lowest BCUT2D eigenvalue weighted by molar-refractivity contribution is 0.669. The molecule has 0 N–H and O–H groups in total. The molecular formula is C52H34N2O. The van der Waals surface area contributed by atoms with Crippen LogP contribution in [0, 0.1) is 0 Å². The molecule has 0 aliphatic carbocycles. The summed E-state index contributed by atoms with van der Waals surface area (Å²) in [6.07, 6.45) is 0. The molecule has 0 aliphatic heterocycles. The number of rotatable bonds is 7. The second-order valence-electron chi connectivity index (χ2n) is 13.8. The van der Waals surface area contributed by atoms with Crippen LogP contribution >= 0.6 is 0 Å². The van der Waals surface area contributed by atoms with Crippen molar-refractivity contribution in [3.8, 4) is 78.4 Å². The Morgan fingerprint density at radius 3 is 1.53 bits per heavy atom. The fourth-order valence-corrected chi connectivity index (χ4v) is 7.58. The number of aromatic nitrogens is 2. The number of fused-ring (bicyclic) bond motifs is 3. The Morgan fingerprint density at radius 1 is 0.291 bits per heavy atom. The van der Waals surface area contributed by atoms with E-state index in [0.29, 0.717) is 5.82 Å². The van der Waals surface area contributed by atoms with E-state index in [0.717, 1.165) is 61.1 Å². The second kappa shape index (κ2) is 13.9. The Hall–Kier alpha value is -7.36. The third-order valence-corrected chi connectivity index (χ3v) is 10.3. The highest BCUT2D eigenvalue weighted by atomic mass is 16.3. The van der Waals surface area contributed by atoms with Crippen LogP contribution < -0.4 is 0 Å². The molecule has 0 atom stereocenters. The quantitative estimate of drug-likeness (QED) is 0.166. The van der Waals surface area contributed by atoms with E-state index in [1.54, 1.807) is 0 Å². The van der Waals surface area contributed by atoms with Gasteiger partial charge in [0, 0.05) is 27.5 Å². The smallest absolute Gasteiger partial charge is 0.160 e. The molecule has 0 radical (unpaired) electrons. The van der Waals surface area contributed by atoms with E-state index in [-0.39, 0.29) is 0 Å². The van der Waals surface area contributed by atoms with Crippen LogP contribution in [-0.4, -0.2) is 9.97 Å². The summed E-state index contributed by atoms with van der Waals surface area (Å²) in [6.45, 7) is 0. The van der Waals surface area contributed by atoms with Gasteiger partial charge in [-0.05, 0) is 74.8 Å². The zero-order chi connectivity index (χ0) is 36.6. The maximum absolute atomic E-state index is 6.47. The molecule has 10 aromatic rings. The van der Waals surface area contributed by atoms with Crippen molar-refractivity contribution < 1.29 is 4.42 Å². The predicted molar refractivity (Wildman–Crippen MR) is 227 cm³/mol. The topological polar surface area (TPSA) is 38.9 Å². The van der Waals surface area contributed by atoms with Crippen molar-refractivity contribution in [1.82, 2.24) is 9.97 Å². The zero-order valence-electron chi connectivity index (χ0n) is 29.9. The lowest BCUT2D eigenvalue weighted by Crippen LogP contribution is -1.96. The minimum Gasteiger partial charge on any atom is -0.456 e. The first-order valence-electron chi connectivity index (χ1n) is 18.6. The van der Waals surface area contributed by atoms with Crippen LogP contribution in [0.2, 0.25) is 0 Å². The summed E-state index contributed by atoms with van der Waals surface area (Å²) in [5.74, 6) is 0.687. The lowest BCUT2D eigenvalue weighted by atomic mass is 9.90. The van der Waals surface area contributed by atoms with Gasteiger partial charge in [-0.25, -0.2) is 9.97 Å². The van der Waals surface area contributed by atoms with E-state index in [4.69, 9.17) is 14.4 Å². The molecular weight excluding hydrogens is 669 g/mol. The van der Waals surface area contributed by atoms with Crippen LogP contribution in [-0.2, 0) is 0 Å². The molecule has 0 saturated carbocycles. The van der Waals surface area contributed by atoms with Gasteiger partial charge in [0.2, 0.25) is 0 Å². The second-order valence-corrected chi connectivity index (χ2v) is 13.8. The number of hydrogen-bond donors (Lipinski definition) is 0. The molecule has 2 aromatic heterocycles. The number of benzene rings is 8. The summed E-state index contributed by atoms with van der Waals surface area (Å²) in [6, 6.07) is 72.2. The van der Waals surface area contributed by atoms with Crippen LogP contribution in [0.15, 0.2) is 211 Å². The molecule has 0 bridgehead atoms. The van der Waals surface area contributed by atoms with Gasteiger partial charge >= 0.3 is 0 Å². The number of furan rings is 1. The summed E-state index contributed by atoms with van der Waals surface area (Å²) in [5, 5.41) is 2.09. The fourth-order valence-electron chi connectivity index (χ4n) is 7.58. The molecule has 55 heavy (non-hydrogen) atoms. The normalized spacial score (nSPS) is 11.3. The first-order chi connectivity index (χ1) is 27.2. The number of hydrogen-bond acceptors (Lipinski definition) is 3. The maximum atomic E-state index is 6.47. The lowest BCUT2D eigenvalue weighted by Gasteiger charge is -2.14. The Morgan fingerprint density at radius 2 is 0.818 bits per heavy atom. The fraction of sp³-hybridized carbons (Fsp3) is 0. The van der Waals surface area contributed by atoms with E-state index in [2.05, 4.69) is 158 Å². The monoisotopic (exact) mass is 702 g/mol. The molecule has 258 valence electrons. The van der Waals surface area contributed by atoms with Crippen molar-refractivity contribution in [2.75, 3.05) is 0 Å². The molecule has 0 fully saturated rings. The summed E-state index contributed by atoms with van der Waals surface area (Å²) in [5.41, 5.74) is 15.9. The van der Waals surface area contributed by atoms with E-state index >= 15 is 0 Å². The van der Waals surface area contributed by atoms with Crippen molar-refractivity contribution in [1.29, 1.82) is 0 Å². The van der Waals surface area contributed by atoms with Crippen molar-refractivity contribution in [2.24, 2.45) is 0 Å². The van der Waals surface area contributed by atoms with E-state index in [9.17, 15) is 0 Å². The Labute approximate surface area is 319 Å². The molecule has 10 rings (SSSR count). The SMILES string of the molecule is c1ccc(-c2ccc(-c3ccccc3)c(-c3ccc(-c4ccc5oc6cccc(-c7cc(-c8ccccc8)nc(-c8ccccc8)n7)c6c5c4)cc3)c2)cc1. The Bertz CT molecular complexity index is 2880. The standard InChI is InChI=1S/C52H34N2O/c1-5-14-35(15-6-1)41-28-30-43(37-16-7-2-8-17-37)45(32-41)38-26-24-36(25-27-38)42-29-31-49-46(33-42)51-44(22-13-23-50(51)55-49)48-34-47(39-18-9-3-10-19-39)53-52(54-48)40-20-11-4-12-21-40/h1-34H. The van der Waals surface area contributed by atoms with Crippen molar-refractivity contribution in [3.63, 3.8) is 0 Å². The van der Waals surface area contributed by atoms with Gasteiger partial charge in [0.1, 0.15) is 11.2 Å². The van der Waals surface area contributed by atoms with Gasteiger partial charge in [0.15, 0.2) is 5.82 Å². The predicted octanol–water partition coefficient (Wildman–Crippen LogP) is 14.0. The molecule has 8 aromatic carbocycles. The number of nitrogens with zero attached hydrogens (tertiary/aromatic N) is 2. The molecule has 0 unspecified atom stereocenters. The third-order valence-electron chi connectivity index (χ3n) is 10.3. The molecule has 3 heteroatoms. The highest BCUT2D eigenvalue weighted by Crippen LogP contribution is 2.41. The van der Waals surface area contributed by atoms with Crippen molar-refractivity contribution in [3.05, 3.63) is 206 Å². The molecule has 2 heterocycles. The van der Waals surface area contributed by atoms with E-state index in [1.165, 1.54) is 33.4 Å². The van der Waals surface area contributed by atoms with Gasteiger partial charge in [-0.15, -0.1) is 0 Å². The molecule has 0 aliphatic rings. The summed E-state index contributed by atoms with van der Waals surface area (Å²) >= 11 is 0. The molecule has 3 nitrogen and oxygen atoms in total. The van der Waals surface area contributed by atoms with Gasteiger partial charge < -0.3 is 4.42 Å². The Kier molecular flexibility index (Phi) is 8.16. The van der Waals surface area contributed by atoms with Gasteiger partial charge in [-0.3, -0.25) is 0 Å². The van der Waals surface area contributed by atoms with E-state index in [1.807, 2.05) is 48.5 Å². The Balaban J connectivity index is 1.08. The minimum atomic E-state index is 0.687. The van der Waals surface area contributed by atoms with Gasteiger partial charge in [0.25, 0.3) is 0 Å². The third kappa shape index (κ3) is 6.18. The summed E-state index contributed by atoms with van der Waals surface area (Å²) in [4.78, 5) is 10.2. The largest absolute Gasteiger partial charge is 0.456 e. The van der Waals surface area contributed by atoms with Gasteiger partial charge in [-0.2, -0.15) is 0 Å². The van der Waals surface area contributed by atoms with Crippen LogP contribution in [0.25, 0.3) is 100 Å². The zero-order valence-corrected chi connectivity index (χ0v) is 29.9. The maximum Gasteiger partial charge on any atom is 0.160 e. The van der Waals surface area contributed by atoms with Crippen LogP contribution in [0.4, 0.5) is 0 Å². The molecule has 0 saturated heterocycles. The van der Waals surface area contributed by atoms with Crippen molar-refractivity contribution >= 4 is 21.9 Å². The highest BCUT2D eigenvalue weighted by Gasteiger charge is 2.18. The molecule has 0 amide bonds. The first kappa shape index (κ1) is 32.3. The van der Waals surface area contributed by atoms with Crippen LogP contribution in [0.3, 0.4) is 0 Å². The van der Waals surface area contributed by atoms with Crippen LogP contribution in [0.5, 0.6) is 0 Å². The first-order valence-corrected chi connectivity index (χ1v) is 18.6. The van der Waals surface area contributed by atoms with Crippen molar-refractivity contribution in [2.45, 2.75) is 0 Å². The average Bonchev–Trinajstić information content (AvgIpc) is 3.66. The van der Waals surface area contributed by atoms with Crippen LogP contribution in [0.1, 0.15) is 0 Å². The van der Waals surface area contributed by atoms with Gasteiger partial charge in [0.05, 0.1) is 11.4 Å². The summed E-state index contributed by atoms with van der Waals surface area (Å²) in [7, 11) is 0. The van der Waals surface area contributed by atoms with Gasteiger partial charge in [-0.1, -0.05) is 176 Å². The molecule has 0 spiro atoms. The minimum absolute atomic E-state index is 0.687.